The van der Waals surface area contributed by atoms with Gasteiger partial charge in [0.1, 0.15) is 48.8 Å². The number of unbranched alkanes of at least 4 members (excludes halogenated alkanes) is 11. The van der Waals surface area contributed by atoms with E-state index in [1.54, 1.807) is 6.08 Å². The molecule has 2 fully saturated rings. The van der Waals surface area contributed by atoms with Crippen LogP contribution < -0.4 is 5.32 Å². The second kappa shape index (κ2) is 45.4. The van der Waals surface area contributed by atoms with E-state index in [1.807, 2.05) is 6.08 Å². The summed E-state index contributed by atoms with van der Waals surface area (Å²) in [5, 5.41) is 86.1. The van der Waals surface area contributed by atoms with Gasteiger partial charge >= 0.3 is 0 Å². The van der Waals surface area contributed by atoms with Gasteiger partial charge < -0.3 is 65.1 Å². The Morgan fingerprint density at radius 1 is 0.493 bits per heavy atom. The highest BCUT2D eigenvalue weighted by molar-refractivity contribution is 5.76. The third-order valence-corrected chi connectivity index (χ3v) is 12.9. The fraction of sp³-hybridized carbons (Fsp3) is 0.656. The fourth-order valence-electron chi connectivity index (χ4n) is 8.33. The second-order valence-corrected chi connectivity index (χ2v) is 19.3. The number of hydrogen-bond donors (Lipinski definition) is 9. The quantitative estimate of drug-likeness (QED) is 0.0206. The van der Waals surface area contributed by atoms with Crippen molar-refractivity contribution in [1.82, 2.24) is 5.32 Å². The summed E-state index contributed by atoms with van der Waals surface area (Å²) in [4.78, 5) is 13.1. The maximum absolute atomic E-state index is 13.1. The molecule has 0 radical (unpaired) electrons. The number of hydrogen-bond acceptors (Lipinski definition) is 13. The van der Waals surface area contributed by atoms with E-state index in [0.717, 1.165) is 103 Å². The summed E-state index contributed by atoms with van der Waals surface area (Å²) in [6.07, 6.45) is 49.2. The molecular weight excluding hydrogens is 955 g/mol. The molecular formula is C61H99NO13. The zero-order valence-electron chi connectivity index (χ0n) is 45.5. The molecule has 426 valence electrons. The summed E-state index contributed by atoms with van der Waals surface area (Å²) < 4.78 is 22.5. The lowest BCUT2D eigenvalue weighted by Crippen LogP contribution is -2.65. The zero-order valence-corrected chi connectivity index (χ0v) is 45.5. The highest BCUT2D eigenvalue weighted by atomic mass is 16.7. The van der Waals surface area contributed by atoms with Crippen LogP contribution in [0.15, 0.2) is 122 Å². The first-order chi connectivity index (χ1) is 36.6. The van der Waals surface area contributed by atoms with Gasteiger partial charge in [-0.3, -0.25) is 4.79 Å². The van der Waals surface area contributed by atoms with Gasteiger partial charge in [0.15, 0.2) is 12.6 Å². The SMILES string of the molecule is CC/C=C\C/C=C\C/C=C\C/C=C\C/C=C\C/C=C\C/C=C\C/C=C\C/C=C\CCCCCCCCCCCC(=O)NC(COC1OC(CO)C(OC2OC(CO)C(O)C(O)C2O)C(O)C1O)C(O)/C=C/CCCC. The van der Waals surface area contributed by atoms with Crippen LogP contribution in [0.25, 0.3) is 0 Å². The lowest BCUT2D eigenvalue weighted by molar-refractivity contribution is -0.359. The van der Waals surface area contributed by atoms with E-state index in [1.165, 1.54) is 32.1 Å². The molecule has 0 saturated carbocycles. The molecule has 0 bridgehead atoms. The number of aliphatic hydroxyl groups excluding tert-OH is 8. The smallest absolute Gasteiger partial charge is 0.220 e. The van der Waals surface area contributed by atoms with Crippen molar-refractivity contribution < 1.29 is 64.6 Å². The molecule has 2 heterocycles. The summed E-state index contributed by atoms with van der Waals surface area (Å²) >= 11 is 0. The summed E-state index contributed by atoms with van der Waals surface area (Å²) in [7, 11) is 0. The Balaban J connectivity index is 1.55. The van der Waals surface area contributed by atoms with Crippen LogP contribution in [0, 0.1) is 0 Å². The lowest BCUT2D eigenvalue weighted by Gasteiger charge is -2.46. The van der Waals surface area contributed by atoms with Gasteiger partial charge in [0.2, 0.25) is 5.91 Å². The number of carbonyl (C=O) groups is 1. The summed E-state index contributed by atoms with van der Waals surface area (Å²) in [6, 6.07) is -0.921. The van der Waals surface area contributed by atoms with Crippen LogP contribution in [-0.4, -0.2) is 140 Å². The fourth-order valence-corrected chi connectivity index (χ4v) is 8.33. The zero-order chi connectivity index (χ0) is 54.6. The van der Waals surface area contributed by atoms with Gasteiger partial charge in [0.25, 0.3) is 0 Å². The Morgan fingerprint density at radius 3 is 1.40 bits per heavy atom. The molecule has 0 aliphatic carbocycles. The van der Waals surface area contributed by atoms with Crippen LogP contribution in [0.2, 0.25) is 0 Å². The van der Waals surface area contributed by atoms with Crippen LogP contribution in [0.1, 0.15) is 162 Å². The first-order valence-electron chi connectivity index (χ1n) is 28.3. The number of aliphatic hydroxyl groups is 8. The predicted octanol–water partition coefficient (Wildman–Crippen LogP) is 9.05. The molecule has 12 atom stereocenters. The Kier molecular flexibility index (Phi) is 40.9. The predicted molar refractivity (Wildman–Crippen MR) is 299 cm³/mol. The van der Waals surface area contributed by atoms with E-state index in [9.17, 15) is 45.6 Å². The van der Waals surface area contributed by atoms with Crippen molar-refractivity contribution in [2.24, 2.45) is 0 Å². The molecule has 0 aromatic rings. The van der Waals surface area contributed by atoms with E-state index in [2.05, 4.69) is 129 Å². The lowest BCUT2D eigenvalue weighted by atomic mass is 9.97. The van der Waals surface area contributed by atoms with Crippen molar-refractivity contribution >= 4 is 5.91 Å². The number of nitrogens with one attached hydrogen (secondary N) is 1. The minimum atomic E-state index is -1.79. The van der Waals surface area contributed by atoms with Gasteiger partial charge in [-0.05, 0) is 83.5 Å². The topological polar surface area (TPSA) is 228 Å². The third-order valence-electron chi connectivity index (χ3n) is 12.9. The molecule has 12 unspecified atom stereocenters. The van der Waals surface area contributed by atoms with Gasteiger partial charge in [0, 0.05) is 6.42 Å². The normalized spacial score (nSPS) is 26.0. The van der Waals surface area contributed by atoms with Crippen molar-refractivity contribution in [1.29, 1.82) is 0 Å². The standard InChI is InChI=1S/C61H99NO13/c1-3-5-7-9-10-11-12-13-14-15-16-17-18-19-20-21-22-23-24-25-26-27-28-29-30-31-32-33-34-35-36-37-38-39-40-41-43-45-53(66)62-49(50(65)44-42-8-6-4-2)48-72-60-58(71)56(69)59(52(47-64)74-60)75-61-57(70)55(68)54(67)51(46-63)73-61/h5,7,10-11,13-14,16-17,19-20,22-23,25-26,28-29,31-32,42,44,49-52,54-61,63-65,67-71H,3-4,6,8-9,12,15,18,21,24,27,30,33-41,43,45-48H2,1-2H3,(H,62,66)/b7-5-,11-10-,14-13-,17-16-,20-19-,23-22-,26-25-,29-28-,32-31-,44-42+. The maximum atomic E-state index is 13.1. The van der Waals surface area contributed by atoms with Gasteiger partial charge in [-0.2, -0.15) is 0 Å². The number of carbonyl (C=O) groups excluding carboxylic acids is 1. The van der Waals surface area contributed by atoms with Crippen molar-refractivity contribution in [2.45, 2.75) is 235 Å². The van der Waals surface area contributed by atoms with Crippen LogP contribution in [0.4, 0.5) is 0 Å². The summed E-state index contributed by atoms with van der Waals surface area (Å²) in [5.74, 6) is -0.262. The first kappa shape index (κ1) is 67.5. The molecule has 14 nitrogen and oxygen atoms in total. The van der Waals surface area contributed by atoms with Gasteiger partial charge in [-0.1, -0.05) is 193 Å². The Labute approximate surface area is 450 Å². The molecule has 2 aliphatic heterocycles. The molecule has 0 spiro atoms. The van der Waals surface area contributed by atoms with E-state index < -0.39 is 86.8 Å². The first-order valence-corrected chi connectivity index (χ1v) is 28.3. The second-order valence-electron chi connectivity index (χ2n) is 19.3. The number of amides is 1. The van der Waals surface area contributed by atoms with Gasteiger partial charge in [-0.15, -0.1) is 0 Å². The van der Waals surface area contributed by atoms with Crippen LogP contribution in [0.3, 0.4) is 0 Å². The monoisotopic (exact) mass is 1050 g/mol. The molecule has 2 rings (SSSR count). The molecule has 9 N–H and O–H groups in total. The summed E-state index contributed by atoms with van der Waals surface area (Å²) in [6.45, 7) is 2.47. The molecule has 14 heteroatoms. The van der Waals surface area contributed by atoms with Crippen molar-refractivity contribution in [3.05, 3.63) is 122 Å². The number of rotatable bonds is 42. The Bertz CT molecular complexity index is 1720. The molecule has 0 aromatic carbocycles. The number of ether oxygens (including phenoxy) is 4. The Hall–Kier alpha value is -3.61. The molecule has 2 aliphatic rings. The highest BCUT2D eigenvalue weighted by Crippen LogP contribution is 2.30. The average molecular weight is 1050 g/mol. The van der Waals surface area contributed by atoms with E-state index >= 15 is 0 Å². The summed E-state index contributed by atoms with van der Waals surface area (Å²) in [5.41, 5.74) is 0. The Morgan fingerprint density at radius 2 is 0.920 bits per heavy atom. The average Bonchev–Trinajstić information content (AvgIpc) is 3.41. The van der Waals surface area contributed by atoms with Gasteiger partial charge in [0.05, 0.1) is 32.0 Å². The van der Waals surface area contributed by atoms with Gasteiger partial charge in [-0.25, -0.2) is 0 Å². The molecule has 2 saturated heterocycles. The third kappa shape index (κ3) is 31.4. The minimum absolute atomic E-state index is 0.262. The number of allylic oxidation sites excluding steroid dienone is 19. The van der Waals surface area contributed by atoms with Crippen molar-refractivity contribution in [3.63, 3.8) is 0 Å². The largest absolute Gasteiger partial charge is 0.394 e. The van der Waals surface area contributed by atoms with E-state index in [-0.39, 0.29) is 18.9 Å². The van der Waals surface area contributed by atoms with E-state index in [4.69, 9.17) is 18.9 Å². The van der Waals surface area contributed by atoms with Crippen LogP contribution >= 0.6 is 0 Å². The molecule has 75 heavy (non-hydrogen) atoms. The molecule has 0 aromatic heterocycles. The van der Waals surface area contributed by atoms with Crippen molar-refractivity contribution in [3.8, 4) is 0 Å². The van der Waals surface area contributed by atoms with Crippen LogP contribution in [0.5, 0.6) is 0 Å². The van der Waals surface area contributed by atoms with Crippen molar-refractivity contribution in [2.75, 3.05) is 19.8 Å². The maximum Gasteiger partial charge on any atom is 0.220 e. The van der Waals surface area contributed by atoms with E-state index in [0.29, 0.717) is 6.42 Å². The van der Waals surface area contributed by atoms with Crippen LogP contribution in [-0.2, 0) is 23.7 Å². The molecule has 1 amide bonds. The highest BCUT2D eigenvalue weighted by Gasteiger charge is 2.51. The minimum Gasteiger partial charge on any atom is -0.394 e.